The molecule has 0 heterocycles. The third-order valence-electron chi connectivity index (χ3n) is 3.27. The van der Waals surface area contributed by atoms with Gasteiger partial charge in [-0.15, -0.1) is 0 Å². The van der Waals surface area contributed by atoms with Gasteiger partial charge in [-0.25, -0.2) is 4.39 Å². The number of benzene rings is 2. The van der Waals surface area contributed by atoms with Crippen LogP contribution in [0.5, 0.6) is 11.5 Å². The summed E-state index contributed by atoms with van der Waals surface area (Å²) < 4.78 is 23.1. The summed E-state index contributed by atoms with van der Waals surface area (Å²) in [5.41, 5.74) is 1.41. The molecule has 2 aromatic carbocycles. The fourth-order valence-corrected chi connectivity index (χ4v) is 2.05. The molecule has 1 amide bonds. The maximum Gasteiger partial charge on any atom is 0.255 e. The van der Waals surface area contributed by atoms with Gasteiger partial charge in [0.25, 0.3) is 5.91 Å². The summed E-state index contributed by atoms with van der Waals surface area (Å²) in [6, 6.07) is 11.2. The summed E-state index contributed by atoms with van der Waals surface area (Å²) in [4.78, 5) is 12.2. The van der Waals surface area contributed by atoms with Crippen LogP contribution in [0.4, 0.5) is 4.39 Å². The average molecular weight is 303 g/mol. The predicted molar refractivity (Wildman–Crippen MR) is 82.0 cm³/mol. The number of halogens is 1. The number of rotatable bonds is 6. The van der Waals surface area contributed by atoms with Crippen LogP contribution in [0.25, 0.3) is 0 Å². The molecule has 0 radical (unpaired) electrons. The molecule has 0 atom stereocenters. The lowest BCUT2D eigenvalue weighted by molar-refractivity contribution is 0.0951. The largest absolute Gasteiger partial charge is 0.497 e. The van der Waals surface area contributed by atoms with E-state index in [9.17, 15) is 9.18 Å². The summed E-state index contributed by atoms with van der Waals surface area (Å²) in [5.74, 6) is 0.593. The second kappa shape index (κ2) is 7.45. The Morgan fingerprint density at radius 3 is 2.45 bits per heavy atom. The number of hydrogen-bond acceptors (Lipinski definition) is 3. The van der Waals surface area contributed by atoms with Crippen LogP contribution < -0.4 is 14.8 Å². The number of methoxy groups -OCH3 is 2. The molecular formula is C17H18FNO3. The van der Waals surface area contributed by atoms with Crippen molar-refractivity contribution in [3.8, 4) is 11.5 Å². The molecule has 0 aliphatic heterocycles. The molecule has 0 aliphatic rings. The van der Waals surface area contributed by atoms with Gasteiger partial charge in [0.05, 0.1) is 19.8 Å². The maximum atomic E-state index is 12.8. The van der Waals surface area contributed by atoms with E-state index >= 15 is 0 Å². The maximum absolute atomic E-state index is 12.8. The van der Waals surface area contributed by atoms with E-state index in [0.29, 0.717) is 30.0 Å². The summed E-state index contributed by atoms with van der Waals surface area (Å²) in [5, 5.41) is 2.82. The van der Waals surface area contributed by atoms with Gasteiger partial charge in [0, 0.05) is 12.6 Å². The highest BCUT2D eigenvalue weighted by Crippen LogP contribution is 2.24. The third-order valence-corrected chi connectivity index (χ3v) is 3.27. The fourth-order valence-electron chi connectivity index (χ4n) is 2.05. The van der Waals surface area contributed by atoms with Crippen LogP contribution in [-0.2, 0) is 6.42 Å². The van der Waals surface area contributed by atoms with Gasteiger partial charge in [0.15, 0.2) is 0 Å². The van der Waals surface area contributed by atoms with E-state index in [1.165, 1.54) is 19.2 Å². The van der Waals surface area contributed by atoms with Crippen LogP contribution >= 0.6 is 0 Å². The van der Waals surface area contributed by atoms with E-state index in [1.807, 2.05) is 0 Å². The van der Waals surface area contributed by atoms with Gasteiger partial charge in [-0.05, 0) is 36.2 Å². The molecule has 22 heavy (non-hydrogen) atoms. The molecule has 0 aromatic heterocycles. The topological polar surface area (TPSA) is 47.6 Å². The molecule has 0 spiro atoms. The molecule has 2 rings (SSSR count). The molecule has 2 aromatic rings. The Labute approximate surface area is 128 Å². The first-order chi connectivity index (χ1) is 10.6. The fraction of sp³-hybridized carbons (Fsp3) is 0.235. The molecule has 4 nitrogen and oxygen atoms in total. The molecule has 0 saturated heterocycles. The van der Waals surface area contributed by atoms with E-state index < -0.39 is 0 Å². The minimum atomic E-state index is -0.268. The zero-order valence-corrected chi connectivity index (χ0v) is 12.6. The van der Waals surface area contributed by atoms with Crippen LogP contribution in [-0.4, -0.2) is 26.7 Å². The lowest BCUT2D eigenvalue weighted by Crippen LogP contribution is -2.26. The standard InChI is InChI=1S/C17H18FNO3/c1-21-14-7-8-15(16(11-14)22-2)17(20)19-10-9-12-3-5-13(18)6-4-12/h3-8,11H,9-10H2,1-2H3,(H,19,20). The Balaban J connectivity index is 1.96. The van der Waals surface area contributed by atoms with Crippen molar-refractivity contribution < 1.29 is 18.7 Å². The molecule has 0 bridgehead atoms. The number of carbonyl (C=O) groups is 1. The molecule has 0 saturated carbocycles. The van der Waals surface area contributed by atoms with Gasteiger partial charge in [-0.2, -0.15) is 0 Å². The molecule has 0 unspecified atom stereocenters. The summed E-state index contributed by atoms with van der Waals surface area (Å²) in [6.07, 6.45) is 0.629. The van der Waals surface area contributed by atoms with Crippen LogP contribution in [0.1, 0.15) is 15.9 Å². The van der Waals surface area contributed by atoms with Crippen LogP contribution in [0.2, 0.25) is 0 Å². The van der Waals surface area contributed by atoms with E-state index in [4.69, 9.17) is 9.47 Å². The van der Waals surface area contributed by atoms with Crippen molar-refractivity contribution in [3.05, 3.63) is 59.4 Å². The lowest BCUT2D eigenvalue weighted by Gasteiger charge is -2.11. The van der Waals surface area contributed by atoms with Crippen molar-refractivity contribution in [3.63, 3.8) is 0 Å². The average Bonchev–Trinajstić information content (AvgIpc) is 2.55. The van der Waals surface area contributed by atoms with Gasteiger partial charge in [-0.1, -0.05) is 12.1 Å². The van der Waals surface area contributed by atoms with Gasteiger partial charge in [-0.3, -0.25) is 4.79 Å². The summed E-state index contributed by atoms with van der Waals surface area (Å²) >= 11 is 0. The number of ether oxygens (including phenoxy) is 2. The van der Waals surface area contributed by atoms with Crippen LogP contribution in [0, 0.1) is 5.82 Å². The van der Waals surface area contributed by atoms with E-state index in [1.54, 1.807) is 37.4 Å². The zero-order valence-electron chi connectivity index (χ0n) is 12.6. The van der Waals surface area contributed by atoms with Crippen molar-refractivity contribution >= 4 is 5.91 Å². The summed E-state index contributed by atoms with van der Waals surface area (Å²) in [7, 11) is 3.06. The van der Waals surface area contributed by atoms with Crippen molar-refractivity contribution in [1.82, 2.24) is 5.32 Å². The van der Waals surface area contributed by atoms with Crippen LogP contribution in [0.3, 0.4) is 0 Å². The number of carbonyl (C=O) groups excluding carboxylic acids is 1. The number of amides is 1. The zero-order chi connectivity index (χ0) is 15.9. The van der Waals surface area contributed by atoms with Crippen molar-refractivity contribution in [2.45, 2.75) is 6.42 Å². The molecule has 0 aliphatic carbocycles. The van der Waals surface area contributed by atoms with Crippen molar-refractivity contribution in [1.29, 1.82) is 0 Å². The first-order valence-corrected chi connectivity index (χ1v) is 6.88. The molecular weight excluding hydrogens is 285 g/mol. The highest BCUT2D eigenvalue weighted by molar-refractivity contribution is 5.97. The first kappa shape index (κ1) is 15.8. The Morgan fingerprint density at radius 2 is 1.82 bits per heavy atom. The molecule has 5 heteroatoms. The Bertz CT molecular complexity index is 641. The molecule has 0 fully saturated rings. The van der Waals surface area contributed by atoms with Crippen molar-refractivity contribution in [2.75, 3.05) is 20.8 Å². The minimum Gasteiger partial charge on any atom is -0.497 e. The van der Waals surface area contributed by atoms with Crippen molar-refractivity contribution in [2.24, 2.45) is 0 Å². The quantitative estimate of drug-likeness (QED) is 0.892. The molecule has 1 N–H and O–H groups in total. The Kier molecular flexibility index (Phi) is 5.36. The van der Waals surface area contributed by atoms with Gasteiger partial charge >= 0.3 is 0 Å². The Morgan fingerprint density at radius 1 is 1.09 bits per heavy atom. The smallest absolute Gasteiger partial charge is 0.255 e. The normalized spacial score (nSPS) is 10.1. The highest BCUT2D eigenvalue weighted by atomic mass is 19.1. The first-order valence-electron chi connectivity index (χ1n) is 6.88. The predicted octanol–water partition coefficient (Wildman–Crippen LogP) is 2.82. The van der Waals surface area contributed by atoms with Gasteiger partial charge in [0.2, 0.25) is 0 Å². The third kappa shape index (κ3) is 3.97. The molecule has 116 valence electrons. The van der Waals surface area contributed by atoms with E-state index in [-0.39, 0.29) is 11.7 Å². The lowest BCUT2D eigenvalue weighted by atomic mass is 10.1. The van der Waals surface area contributed by atoms with Gasteiger partial charge in [0.1, 0.15) is 17.3 Å². The van der Waals surface area contributed by atoms with Crippen LogP contribution in [0.15, 0.2) is 42.5 Å². The second-order valence-electron chi connectivity index (χ2n) is 4.70. The number of hydrogen-bond donors (Lipinski definition) is 1. The summed E-state index contributed by atoms with van der Waals surface area (Å²) in [6.45, 7) is 0.458. The van der Waals surface area contributed by atoms with Gasteiger partial charge < -0.3 is 14.8 Å². The highest BCUT2D eigenvalue weighted by Gasteiger charge is 2.12. The minimum absolute atomic E-state index is 0.221. The second-order valence-corrected chi connectivity index (χ2v) is 4.70. The number of nitrogens with one attached hydrogen (secondary N) is 1. The Hall–Kier alpha value is -2.56. The van der Waals surface area contributed by atoms with E-state index in [0.717, 1.165) is 5.56 Å². The monoisotopic (exact) mass is 303 g/mol. The SMILES string of the molecule is COc1ccc(C(=O)NCCc2ccc(F)cc2)c(OC)c1. The van der Waals surface area contributed by atoms with E-state index in [2.05, 4.69) is 5.32 Å².